The van der Waals surface area contributed by atoms with E-state index in [1.807, 2.05) is 40.0 Å². The van der Waals surface area contributed by atoms with Crippen LogP contribution in [0, 0.1) is 25.5 Å². The van der Waals surface area contributed by atoms with Crippen LogP contribution in [-0.4, -0.2) is 26.7 Å². The van der Waals surface area contributed by atoms with Crippen LogP contribution in [0.3, 0.4) is 0 Å². The van der Waals surface area contributed by atoms with E-state index in [9.17, 15) is 5.11 Å². The molecule has 0 saturated carbocycles. The first kappa shape index (κ1) is 22.0. The van der Waals surface area contributed by atoms with Gasteiger partial charge in [0.15, 0.2) is 0 Å². The number of anilines is 1. The zero-order valence-electron chi connectivity index (χ0n) is 18.9. The monoisotopic (exact) mass is 468 g/mol. The quantitative estimate of drug-likeness (QED) is 0.315. The summed E-state index contributed by atoms with van der Waals surface area (Å²) in [6.07, 6.45) is 0.882. The number of nitrogens with one attached hydrogen (secondary N) is 3. The molecule has 2 atom stereocenters. The lowest BCUT2D eigenvalue weighted by molar-refractivity contribution is 0.0664. The van der Waals surface area contributed by atoms with Crippen LogP contribution >= 0.6 is 11.3 Å². The van der Waals surface area contributed by atoms with Crippen LogP contribution in [0.4, 0.5) is 14.5 Å². The number of rotatable bonds is 4. The minimum Gasteiger partial charge on any atom is -0.389 e. The molecule has 2 aromatic carbocycles. The minimum absolute atomic E-state index is 0.101. The Bertz CT molecular complexity index is 1360. The molecule has 33 heavy (non-hydrogen) atoms. The molecule has 5 nitrogen and oxygen atoms in total. The third kappa shape index (κ3) is 3.53. The molecule has 0 spiro atoms. The van der Waals surface area contributed by atoms with Gasteiger partial charge in [-0.25, -0.2) is 13.8 Å². The topological polar surface area (TPSA) is 73.0 Å². The first-order valence-corrected chi connectivity index (χ1v) is 11.7. The van der Waals surface area contributed by atoms with E-state index in [4.69, 9.17) is 0 Å². The van der Waals surface area contributed by atoms with Crippen molar-refractivity contribution < 1.29 is 13.9 Å². The summed E-state index contributed by atoms with van der Waals surface area (Å²) >= 11 is 1.50. The number of hydrogen-bond donors (Lipinski definition) is 4. The number of aliphatic hydroxyl groups is 1. The summed E-state index contributed by atoms with van der Waals surface area (Å²) in [4.78, 5) is 8.42. The summed E-state index contributed by atoms with van der Waals surface area (Å²) < 4.78 is 31.6. The van der Waals surface area contributed by atoms with Crippen LogP contribution in [0.15, 0.2) is 36.0 Å². The number of nitrogens with zero attached hydrogens (tertiary/aromatic N) is 1. The zero-order chi connectivity index (χ0) is 23.5. The molecule has 2 aromatic heterocycles. The largest absolute Gasteiger partial charge is 0.389 e. The molecule has 4 aromatic rings. The van der Waals surface area contributed by atoms with E-state index in [2.05, 4.69) is 20.6 Å². The van der Waals surface area contributed by atoms with Crippen molar-refractivity contribution in [3.8, 4) is 11.1 Å². The van der Waals surface area contributed by atoms with Gasteiger partial charge >= 0.3 is 0 Å². The van der Waals surface area contributed by atoms with Crippen molar-refractivity contribution in [3.05, 3.63) is 69.3 Å². The molecule has 0 aliphatic carbocycles. The molecule has 1 aliphatic heterocycles. The first-order valence-electron chi connectivity index (χ1n) is 10.9. The molecule has 1 aliphatic rings. The highest BCUT2D eigenvalue weighted by molar-refractivity contribution is 7.09. The maximum absolute atomic E-state index is 16.2. The Morgan fingerprint density at radius 2 is 2.03 bits per heavy atom. The standard InChI is InChI=1S/C25H26F2N4OS/c1-12-9-28-22-14(12)6-5-7-15(22)19-16(26)8-17-20(21(19)27)23(24(32)25(3,4)31-17)29-10-18-13(2)30-11-33-18/h5-9,11,23-24,28-29,31-32H,10H2,1-4H3/t23?,24-/m1/s1. The lowest BCUT2D eigenvalue weighted by Gasteiger charge is -2.44. The lowest BCUT2D eigenvalue weighted by Crippen LogP contribution is -2.54. The summed E-state index contributed by atoms with van der Waals surface area (Å²) in [5.41, 5.74) is 4.49. The fourth-order valence-corrected chi connectivity index (χ4v) is 5.43. The van der Waals surface area contributed by atoms with Crippen LogP contribution in [0.1, 0.15) is 41.6 Å². The maximum Gasteiger partial charge on any atom is 0.140 e. The normalized spacial score (nSPS) is 19.5. The van der Waals surface area contributed by atoms with Crippen molar-refractivity contribution in [2.24, 2.45) is 0 Å². The van der Waals surface area contributed by atoms with E-state index >= 15 is 8.78 Å². The van der Waals surface area contributed by atoms with Gasteiger partial charge in [0.1, 0.15) is 11.6 Å². The predicted molar refractivity (Wildman–Crippen MR) is 129 cm³/mol. The number of thiazole rings is 1. The Balaban J connectivity index is 1.67. The number of aromatic amines is 1. The van der Waals surface area contributed by atoms with Gasteiger partial charge in [0.05, 0.1) is 40.0 Å². The number of fused-ring (bicyclic) bond motifs is 2. The second-order valence-corrected chi connectivity index (χ2v) is 10.2. The van der Waals surface area contributed by atoms with Crippen molar-refractivity contribution in [2.75, 3.05) is 5.32 Å². The summed E-state index contributed by atoms with van der Waals surface area (Å²) in [6, 6.07) is 6.04. The molecule has 1 unspecified atom stereocenters. The Morgan fingerprint density at radius 1 is 1.24 bits per heavy atom. The molecule has 0 radical (unpaired) electrons. The summed E-state index contributed by atoms with van der Waals surface area (Å²) in [5.74, 6) is -1.33. The average molecular weight is 469 g/mol. The SMILES string of the molecule is Cc1ncsc1CNC1c2c(cc(F)c(-c3cccc4c(C)c[nH]c34)c2F)NC(C)(C)[C@@H]1O. The summed E-state index contributed by atoms with van der Waals surface area (Å²) in [5, 5.41) is 18.5. The van der Waals surface area contributed by atoms with Crippen molar-refractivity contribution in [2.45, 2.75) is 51.9 Å². The van der Waals surface area contributed by atoms with Gasteiger partial charge in [-0.2, -0.15) is 0 Å². The van der Waals surface area contributed by atoms with Gasteiger partial charge in [-0.15, -0.1) is 11.3 Å². The Labute approximate surface area is 194 Å². The highest BCUT2D eigenvalue weighted by Gasteiger charge is 2.43. The number of para-hydroxylation sites is 1. The molecule has 172 valence electrons. The van der Waals surface area contributed by atoms with Crippen molar-refractivity contribution in [3.63, 3.8) is 0 Å². The Hall–Kier alpha value is -2.81. The second-order valence-electron chi connectivity index (χ2n) is 9.22. The van der Waals surface area contributed by atoms with E-state index < -0.39 is 29.3 Å². The van der Waals surface area contributed by atoms with E-state index in [0.717, 1.165) is 21.5 Å². The smallest absolute Gasteiger partial charge is 0.140 e. The van der Waals surface area contributed by atoms with Gasteiger partial charge in [-0.05, 0) is 39.3 Å². The van der Waals surface area contributed by atoms with E-state index in [1.54, 1.807) is 17.6 Å². The van der Waals surface area contributed by atoms with Crippen LogP contribution < -0.4 is 10.6 Å². The molecule has 0 amide bonds. The van der Waals surface area contributed by atoms with Crippen molar-refractivity contribution in [1.82, 2.24) is 15.3 Å². The van der Waals surface area contributed by atoms with Crippen molar-refractivity contribution >= 4 is 27.9 Å². The van der Waals surface area contributed by atoms with Gasteiger partial charge in [0.2, 0.25) is 0 Å². The zero-order valence-corrected chi connectivity index (χ0v) is 19.7. The van der Waals surface area contributed by atoms with Crippen LogP contribution in [0.25, 0.3) is 22.0 Å². The van der Waals surface area contributed by atoms with Gasteiger partial charge in [0, 0.05) is 39.8 Å². The van der Waals surface area contributed by atoms with Crippen LogP contribution in [-0.2, 0) is 6.54 Å². The summed E-state index contributed by atoms with van der Waals surface area (Å²) in [6.45, 7) is 7.92. The number of benzene rings is 2. The number of aryl methyl sites for hydroxylation is 2. The fraction of sp³-hybridized carbons (Fsp3) is 0.320. The Kier molecular flexibility index (Phi) is 5.27. The average Bonchev–Trinajstić information content (AvgIpc) is 3.34. The highest BCUT2D eigenvalue weighted by Crippen LogP contribution is 2.44. The number of halogens is 2. The third-order valence-corrected chi connectivity index (χ3v) is 7.53. The highest BCUT2D eigenvalue weighted by atomic mass is 32.1. The van der Waals surface area contributed by atoms with E-state index in [-0.39, 0.29) is 11.1 Å². The van der Waals surface area contributed by atoms with Gasteiger partial charge in [0.25, 0.3) is 0 Å². The summed E-state index contributed by atoms with van der Waals surface area (Å²) in [7, 11) is 0. The van der Waals surface area contributed by atoms with Crippen LogP contribution in [0.2, 0.25) is 0 Å². The molecule has 8 heteroatoms. The molecule has 0 bridgehead atoms. The molecule has 0 saturated heterocycles. The van der Waals surface area contributed by atoms with E-state index in [1.165, 1.54) is 17.4 Å². The molecular formula is C25H26F2N4OS. The number of H-pyrrole nitrogens is 1. The van der Waals surface area contributed by atoms with E-state index in [0.29, 0.717) is 23.3 Å². The number of aliphatic hydroxyl groups excluding tert-OH is 1. The van der Waals surface area contributed by atoms with Gasteiger partial charge < -0.3 is 20.7 Å². The second kappa shape index (κ2) is 7.90. The molecule has 4 N–H and O–H groups in total. The van der Waals surface area contributed by atoms with Gasteiger partial charge in [-0.1, -0.05) is 18.2 Å². The van der Waals surface area contributed by atoms with Gasteiger partial charge in [-0.3, -0.25) is 0 Å². The Morgan fingerprint density at radius 3 is 2.76 bits per heavy atom. The maximum atomic E-state index is 16.2. The number of aromatic nitrogens is 2. The minimum atomic E-state index is -0.949. The van der Waals surface area contributed by atoms with Crippen molar-refractivity contribution in [1.29, 1.82) is 0 Å². The first-order chi connectivity index (χ1) is 15.7. The molecule has 5 rings (SSSR count). The molecule has 0 fully saturated rings. The molecule has 3 heterocycles. The lowest BCUT2D eigenvalue weighted by atomic mass is 9.81. The van der Waals surface area contributed by atoms with Crippen LogP contribution in [0.5, 0.6) is 0 Å². The molecular weight excluding hydrogens is 442 g/mol. The predicted octanol–water partition coefficient (Wildman–Crippen LogP) is 5.58. The number of hydrogen-bond acceptors (Lipinski definition) is 5. The fourth-order valence-electron chi connectivity index (χ4n) is 4.70. The third-order valence-electron chi connectivity index (χ3n) is 6.60.